The van der Waals surface area contributed by atoms with E-state index in [9.17, 15) is 14.0 Å². The first-order chi connectivity index (χ1) is 18.1. The predicted molar refractivity (Wildman–Crippen MR) is 158 cm³/mol. The molecule has 4 nitrogen and oxygen atoms in total. The summed E-state index contributed by atoms with van der Waals surface area (Å²) in [7, 11) is 0. The van der Waals surface area contributed by atoms with Crippen LogP contribution in [0.4, 0.5) is 10.1 Å². The van der Waals surface area contributed by atoms with Crippen LogP contribution in [0.15, 0.2) is 85.1 Å². The molecular formula is C33H43FN2O2. The van der Waals surface area contributed by atoms with Crippen molar-refractivity contribution in [3.05, 3.63) is 113 Å². The molecule has 0 aliphatic rings. The first kappa shape index (κ1) is 32.3. The van der Waals surface area contributed by atoms with Gasteiger partial charge >= 0.3 is 0 Å². The fourth-order valence-electron chi connectivity index (χ4n) is 3.74. The molecule has 2 N–H and O–H groups in total. The lowest BCUT2D eigenvalue weighted by atomic mass is 9.93. The molecule has 0 fully saturated rings. The highest BCUT2D eigenvalue weighted by atomic mass is 19.1. The molecule has 0 bridgehead atoms. The number of halogens is 1. The Bertz CT molecular complexity index is 1150. The second-order valence-electron chi connectivity index (χ2n) is 9.16. The lowest BCUT2D eigenvalue weighted by molar-refractivity contribution is -0.123. The Kier molecular flexibility index (Phi) is 14.4. The van der Waals surface area contributed by atoms with Crippen LogP contribution in [0.25, 0.3) is 0 Å². The molecule has 0 aliphatic heterocycles. The molecule has 0 aliphatic carbocycles. The second kappa shape index (κ2) is 16.9. The highest BCUT2D eigenvalue weighted by Gasteiger charge is 2.24. The first-order valence-corrected chi connectivity index (χ1v) is 13.2. The third kappa shape index (κ3) is 11.1. The van der Waals surface area contributed by atoms with Gasteiger partial charge in [0.1, 0.15) is 11.6 Å². The Hall–Kier alpha value is -3.73. The number of benzene rings is 3. The van der Waals surface area contributed by atoms with Crippen LogP contribution in [0.2, 0.25) is 0 Å². The van der Waals surface area contributed by atoms with Gasteiger partial charge in [-0.15, -0.1) is 0 Å². The maximum Gasteiger partial charge on any atom is 0.228 e. The van der Waals surface area contributed by atoms with Crippen LogP contribution < -0.4 is 10.6 Å². The first-order valence-electron chi connectivity index (χ1n) is 13.2. The Morgan fingerprint density at radius 2 is 1.45 bits per heavy atom. The number of nitrogens with one attached hydrogen (secondary N) is 2. The summed E-state index contributed by atoms with van der Waals surface area (Å²) in [6.45, 7) is 17.1. The predicted octanol–water partition coefficient (Wildman–Crippen LogP) is 7.91. The molecule has 204 valence electrons. The van der Waals surface area contributed by atoms with E-state index in [1.54, 1.807) is 6.07 Å². The highest BCUT2D eigenvalue weighted by Crippen LogP contribution is 2.23. The molecule has 1 unspecified atom stereocenters. The number of carbonyl (C=O) groups excluding carboxylic acids is 2. The van der Waals surface area contributed by atoms with E-state index in [2.05, 4.69) is 17.2 Å². The van der Waals surface area contributed by atoms with Crippen LogP contribution in [-0.4, -0.2) is 17.7 Å². The van der Waals surface area contributed by atoms with Gasteiger partial charge in [-0.1, -0.05) is 93.6 Å². The molecule has 0 heterocycles. The average Bonchev–Trinajstić information content (AvgIpc) is 2.88. The third-order valence-electron chi connectivity index (χ3n) is 5.64. The molecular weight excluding hydrogens is 475 g/mol. The van der Waals surface area contributed by atoms with Crippen LogP contribution in [0.1, 0.15) is 69.2 Å². The van der Waals surface area contributed by atoms with E-state index >= 15 is 0 Å². The van der Waals surface area contributed by atoms with E-state index in [1.807, 2.05) is 95.3 Å². The van der Waals surface area contributed by atoms with Gasteiger partial charge in [0.05, 0.1) is 17.6 Å². The lowest BCUT2D eigenvalue weighted by Gasteiger charge is -2.25. The quantitative estimate of drug-likeness (QED) is 0.303. The van der Waals surface area contributed by atoms with Crippen molar-refractivity contribution < 1.29 is 14.0 Å². The van der Waals surface area contributed by atoms with E-state index in [4.69, 9.17) is 0 Å². The molecule has 0 radical (unpaired) electrons. The van der Waals surface area contributed by atoms with Gasteiger partial charge in [-0.3, -0.25) is 4.79 Å². The van der Waals surface area contributed by atoms with Crippen molar-refractivity contribution in [1.82, 2.24) is 5.32 Å². The van der Waals surface area contributed by atoms with Gasteiger partial charge in [0.25, 0.3) is 0 Å². The van der Waals surface area contributed by atoms with Gasteiger partial charge < -0.3 is 15.4 Å². The normalized spacial score (nSPS) is 11.5. The fourth-order valence-corrected chi connectivity index (χ4v) is 3.74. The highest BCUT2D eigenvalue weighted by molar-refractivity contribution is 5.84. The summed E-state index contributed by atoms with van der Waals surface area (Å²) in [6.07, 6.45) is 1.23. The third-order valence-corrected chi connectivity index (χ3v) is 5.64. The van der Waals surface area contributed by atoms with Gasteiger partial charge in [-0.05, 0) is 69.4 Å². The van der Waals surface area contributed by atoms with Crippen molar-refractivity contribution in [2.75, 3.05) is 5.32 Å². The maximum atomic E-state index is 14.4. The lowest BCUT2D eigenvalue weighted by Crippen LogP contribution is -2.42. The Morgan fingerprint density at radius 3 is 1.97 bits per heavy atom. The standard InChI is InChI=1S/C28H31FN2O.C3H6O.C2H6/c1-5-24(23-14-11-19(2)12-15-23)28(32)31-27(18-22-9-7-6-8-10-22)21(4)30-26-16-13-20(3)17-25(26)29;1-3(2)4;1-2/h6-17,24,27,30H,4-5,18H2,1-3H3,(H,31,32);1-2H3;1-2H3/t24-,27?;;/m1../s1. The van der Waals surface area contributed by atoms with E-state index in [0.717, 1.165) is 22.3 Å². The van der Waals surface area contributed by atoms with Gasteiger partial charge in [0.15, 0.2) is 0 Å². The smallest absolute Gasteiger partial charge is 0.228 e. The van der Waals surface area contributed by atoms with Crippen LogP contribution in [0, 0.1) is 19.7 Å². The van der Waals surface area contributed by atoms with Crippen molar-refractivity contribution in [1.29, 1.82) is 0 Å². The number of ketones is 1. The summed E-state index contributed by atoms with van der Waals surface area (Å²) in [6, 6.07) is 22.6. The van der Waals surface area contributed by atoms with E-state index in [1.165, 1.54) is 19.9 Å². The van der Waals surface area contributed by atoms with Gasteiger partial charge in [0.2, 0.25) is 5.91 Å². The summed E-state index contributed by atoms with van der Waals surface area (Å²) in [4.78, 5) is 22.7. The van der Waals surface area contributed by atoms with Crippen LogP contribution >= 0.6 is 0 Å². The molecule has 0 saturated heterocycles. The van der Waals surface area contributed by atoms with Crippen molar-refractivity contribution in [2.24, 2.45) is 0 Å². The zero-order valence-electron chi connectivity index (χ0n) is 23.9. The van der Waals surface area contributed by atoms with Gasteiger partial charge in [0, 0.05) is 5.70 Å². The number of aryl methyl sites for hydroxylation is 2. The van der Waals surface area contributed by atoms with E-state index in [-0.39, 0.29) is 23.4 Å². The minimum Gasteiger partial charge on any atom is -0.355 e. The molecule has 38 heavy (non-hydrogen) atoms. The molecule has 3 aromatic carbocycles. The Balaban J connectivity index is 0.00000110. The fraction of sp³-hybridized carbons (Fsp3) is 0.333. The summed E-state index contributed by atoms with van der Waals surface area (Å²) in [5, 5.41) is 6.24. The van der Waals surface area contributed by atoms with Crippen LogP contribution in [-0.2, 0) is 16.0 Å². The number of hydrogen-bond donors (Lipinski definition) is 2. The second-order valence-corrected chi connectivity index (χ2v) is 9.16. The number of rotatable bonds is 9. The molecule has 5 heteroatoms. The topological polar surface area (TPSA) is 58.2 Å². The molecule has 0 aromatic heterocycles. The van der Waals surface area contributed by atoms with Crippen LogP contribution in [0.3, 0.4) is 0 Å². The molecule has 3 rings (SSSR count). The van der Waals surface area contributed by atoms with Crippen molar-refractivity contribution >= 4 is 17.4 Å². The molecule has 0 saturated carbocycles. The Morgan fingerprint density at radius 1 is 0.895 bits per heavy atom. The van der Waals surface area contributed by atoms with E-state index < -0.39 is 6.04 Å². The molecule has 2 atom stereocenters. The minimum absolute atomic E-state index is 0.0652. The zero-order chi connectivity index (χ0) is 28.7. The zero-order valence-corrected chi connectivity index (χ0v) is 23.9. The van der Waals surface area contributed by atoms with E-state index in [0.29, 0.717) is 24.2 Å². The minimum atomic E-state index is -0.398. The Labute approximate surface area is 228 Å². The van der Waals surface area contributed by atoms with Crippen molar-refractivity contribution in [3.63, 3.8) is 0 Å². The summed E-state index contributed by atoms with van der Waals surface area (Å²) in [5.41, 5.74) is 4.94. The van der Waals surface area contributed by atoms with Gasteiger partial charge in [-0.25, -0.2) is 4.39 Å². The number of amides is 1. The number of anilines is 1. The molecule has 3 aromatic rings. The number of Topliss-reactive ketones (excluding diaryl/α,β-unsaturated/α-hetero) is 1. The summed E-state index contributed by atoms with van der Waals surface area (Å²) < 4.78 is 14.4. The maximum absolute atomic E-state index is 14.4. The molecule has 0 spiro atoms. The summed E-state index contributed by atoms with van der Waals surface area (Å²) in [5.74, 6) is -0.510. The molecule has 1 amide bonds. The monoisotopic (exact) mass is 518 g/mol. The summed E-state index contributed by atoms with van der Waals surface area (Å²) >= 11 is 0. The van der Waals surface area contributed by atoms with Crippen molar-refractivity contribution in [3.8, 4) is 0 Å². The van der Waals surface area contributed by atoms with Crippen molar-refractivity contribution in [2.45, 2.75) is 73.3 Å². The number of carbonyl (C=O) groups is 2. The largest absolute Gasteiger partial charge is 0.355 e. The van der Waals surface area contributed by atoms with Crippen LogP contribution in [0.5, 0.6) is 0 Å². The number of hydrogen-bond acceptors (Lipinski definition) is 3. The average molecular weight is 519 g/mol. The van der Waals surface area contributed by atoms with Gasteiger partial charge in [-0.2, -0.15) is 0 Å². The SMILES string of the molecule is C=C(Nc1ccc(C)cc1F)C(Cc1ccccc1)NC(=O)[C@H](CC)c1ccc(C)cc1.CC.CC(C)=O.